The van der Waals surface area contributed by atoms with Crippen molar-refractivity contribution in [2.75, 3.05) is 7.05 Å². The summed E-state index contributed by atoms with van der Waals surface area (Å²) in [6.07, 6.45) is 2.67. The zero-order valence-electron chi connectivity index (χ0n) is 12.9. The summed E-state index contributed by atoms with van der Waals surface area (Å²) in [7, 11) is -1.80. The third kappa shape index (κ3) is 3.59. The van der Waals surface area contributed by atoms with E-state index in [4.69, 9.17) is 5.73 Å². The predicted octanol–water partition coefficient (Wildman–Crippen LogP) is 2.52. The predicted molar refractivity (Wildman–Crippen MR) is 83.0 cm³/mol. The molecule has 0 spiro atoms. The molecule has 1 rings (SSSR count). The lowest BCUT2D eigenvalue weighted by atomic mass is 10.1. The van der Waals surface area contributed by atoms with Crippen molar-refractivity contribution in [1.29, 1.82) is 0 Å². The lowest BCUT2D eigenvalue weighted by Crippen LogP contribution is -2.35. The maximum absolute atomic E-state index is 12.6. The van der Waals surface area contributed by atoms with Gasteiger partial charge in [-0.1, -0.05) is 26.3 Å². The number of aryl methyl sites for hydroxylation is 1. The quantitative estimate of drug-likeness (QED) is 0.841. The molecule has 1 aromatic rings. The summed E-state index contributed by atoms with van der Waals surface area (Å²) in [5.41, 5.74) is 7.73. The molecule has 0 aliphatic heterocycles. The molecule has 0 radical (unpaired) electrons. The van der Waals surface area contributed by atoms with Gasteiger partial charge in [-0.2, -0.15) is 4.31 Å². The minimum atomic E-state index is -3.44. The van der Waals surface area contributed by atoms with Gasteiger partial charge in [0.1, 0.15) is 0 Å². The first-order valence-electron chi connectivity index (χ1n) is 7.18. The van der Waals surface area contributed by atoms with E-state index in [1.54, 1.807) is 19.2 Å². The van der Waals surface area contributed by atoms with E-state index in [1.807, 2.05) is 19.9 Å². The minimum absolute atomic E-state index is 0.00261. The van der Waals surface area contributed by atoms with Crippen molar-refractivity contribution in [2.24, 2.45) is 5.73 Å². The van der Waals surface area contributed by atoms with E-state index in [1.165, 1.54) is 4.31 Å². The molecule has 0 aromatic heterocycles. The van der Waals surface area contributed by atoms with Gasteiger partial charge in [0.15, 0.2) is 0 Å². The lowest BCUT2D eigenvalue weighted by molar-refractivity contribution is 0.368. The molecule has 0 bridgehead atoms. The third-order valence-electron chi connectivity index (χ3n) is 3.78. The Morgan fingerprint density at radius 2 is 1.90 bits per heavy atom. The average Bonchev–Trinajstić information content (AvgIpc) is 2.45. The van der Waals surface area contributed by atoms with Crippen molar-refractivity contribution in [2.45, 2.75) is 57.5 Å². The number of hydrogen-bond donors (Lipinski definition) is 1. The second kappa shape index (κ2) is 7.20. The maximum Gasteiger partial charge on any atom is 0.243 e. The second-order valence-corrected chi connectivity index (χ2v) is 7.14. The molecule has 2 N–H and O–H groups in total. The molecule has 4 nitrogen and oxygen atoms in total. The van der Waals surface area contributed by atoms with Crippen LogP contribution >= 0.6 is 0 Å². The Bertz CT molecular complexity index is 541. The van der Waals surface area contributed by atoms with Crippen LogP contribution in [0.5, 0.6) is 0 Å². The Hall–Kier alpha value is -0.910. The van der Waals surface area contributed by atoms with Crippen LogP contribution in [0.2, 0.25) is 0 Å². The fourth-order valence-electron chi connectivity index (χ4n) is 2.30. The zero-order valence-corrected chi connectivity index (χ0v) is 13.7. The first-order valence-corrected chi connectivity index (χ1v) is 8.62. The van der Waals surface area contributed by atoms with Gasteiger partial charge in [-0.05, 0) is 43.0 Å². The Morgan fingerprint density at radius 3 is 2.40 bits per heavy atom. The highest BCUT2D eigenvalue weighted by molar-refractivity contribution is 7.89. The summed E-state index contributed by atoms with van der Waals surface area (Å²) < 4.78 is 26.7. The van der Waals surface area contributed by atoms with E-state index < -0.39 is 10.0 Å². The van der Waals surface area contributed by atoms with Crippen LogP contribution in [0, 0.1) is 0 Å². The lowest BCUT2D eigenvalue weighted by Gasteiger charge is -2.24. The number of nitrogens with zero attached hydrogens (tertiary/aromatic N) is 1. The molecule has 0 aliphatic rings. The molecule has 20 heavy (non-hydrogen) atoms. The summed E-state index contributed by atoms with van der Waals surface area (Å²) in [6.45, 7) is 6.39. The molecule has 0 heterocycles. The first-order chi connectivity index (χ1) is 9.38. The zero-order chi connectivity index (χ0) is 15.3. The highest BCUT2D eigenvalue weighted by Gasteiger charge is 2.25. The van der Waals surface area contributed by atoms with Crippen molar-refractivity contribution in [3.8, 4) is 0 Å². The van der Waals surface area contributed by atoms with Crippen molar-refractivity contribution >= 4 is 10.0 Å². The molecule has 114 valence electrons. The standard InChI is InChI=1S/C15H26N2O2S/c1-5-7-12(3)17(4)20(18,19)15-9-8-13(6-2)14(10-15)11-16/h8-10,12H,5-7,11,16H2,1-4H3. The fourth-order valence-corrected chi connectivity index (χ4v) is 3.74. The van der Waals surface area contributed by atoms with Gasteiger partial charge in [-0.15, -0.1) is 0 Å². The van der Waals surface area contributed by atoms with E-state index in [0.717, 1.165) is 30.4 Å². The monoisotopic (exact) mass is 298 g/mol. The van der Waals surface area contributed by atoms with Gasteiger partial charge < -0.3 is 5.73 Å². The largest absolute Gasteiger partial charge is 0.326 e. The summed E-state index contributed by atoms with van der Waals surface area (Å²) in [6, 6.07) is 5.26. The highest BCUT2D eigenvalue weighted by Crippen LogP contribution is 2.21. The number of nitrogens with two attached hydrogens (primary N) is 1. The Labute approximate surface area is 123 Å². The smallest absolute Gasteiger partial charge is 0.243 e. The number of hydrogen-bond acceptors (Lipinski definition) is 3. The van der Waals surface area contributed by atoms with Gasteiger partial charge in [0.2, 0.25) is 10.0 Å². The number of sulfonamides is 1. The molecule has 5 heteroatoms. The van der Waals surface area contributed by atoms with E-state index in [0.29, 0.717) is 11.4 Å². The van der Waals surface area contributed by atoms with Crippen molar-refractivity contribution in [1.82, 2.24) is 4.31 Å². The SMILES string of the molecule is CCCC(C)N(C)S(=O)(=O)c1ccc(CC)c(CN)c1. The van der Waals surface area contributed by atoms with Crippen LogP contribution in [0.15, 0.2) is 23.1 Å². The molecule has 1 atom stereocenters. The van der Waals surface area contributed by atoms with Crippen molar-refractivity contribution in [3.63, 3.8) is 0 Å². The maximum atomic E-state index is 12.6. The van der Waals surface area contributed by atoms with Gasteiger partial charge in [-0.3, -0.25) is 0 Å². The van der Waals surface area contributed by atoms with Crippen molar-refractivity contribution < 1.29 is 8.42 Å². The van der Waals surface area contributed by atoms with Crippen LogP contribution in [0.25, 0.3) is 0 Å². The molecular weight excluding hydrogens is 272 g/mol. The topological polar surface area (TPSA) is 63.4 Å². The third-order valence-corrected chi connectivity index (χ3v) is 5.75. The second-order valence-electron chi connectivity index (χ2n) is 5.15. The van der Waals surface area contributed by atoms with Gasteiger partial charge in [0.25, 0.3) is 0 Å². The summed E-state index contributed by atoms with van der Waals surface area (Å²) in [4.78, 5) is 0.334. The Kier molecular flexibility index (Phi) is 6.17. The van der Waals surface area contributed by atoms with E-state index >= 15 is 0 Å². The minimum Gasteiger partial charge on any atom is -0.326 e. The normalized spacial score (nSPS) is 13.7. The van der Waals surface area contributed by atoms with Gasteiger partial charge in [-0.25, -0.2) is 8.42 Å². The average molecular weight is 298 g/mol. The van der Waals surface area contributed by atoms with Crippen LogP contribution in [0.3, 0.4) is 0 Å². The molecular formula is C15H26N2O2S. The molecule has 0 saturated heterocycles. The molecule has 0 saturated carbocycles. The first kappa shape index (κ1) is 17.1. The van der Waals surface area contributed by atoms with Crippen LogP contribution in [-0.4, -0.2) is 25.8 Å². The molecule has 0 aliphatic carbocycles. The van der Waals surface area contributed by atoms with Crippen LogP contribution in [-0.2, 0) is 23.0 Å². The number of benzene rings is 1. The molecule has 1 unspecified atom stereocenters. The van der Waals surface area contributed by atoms with E-state index in [9.17, 15) is 8.42 Å². The molecule has 0 fully saturated rings. The summed E-state index contributed by atoms with van der Waals surface area (Å²) in [5.74, 6) is 0. The Balaban J connectivity index is 3.15. The Morgan fingerprint density at radius 1 is 1.25 bits per heavy atom. The molecule has 1 aromatic carbocycles. The van der Waals surface area contributed by atoms with Gasteiger partial charge >= 0.3 is 0 Å². The molecule has 0 amide bonds. The highest BCUT2D eigenvalue weighted by atomic mass is 32.2. The van der Waals surface area contributed by atoms with Crippen molar-refractivity contribution in [3.05, 3.63) is 29.3 Å². The van der Waals surface area contributed by atoms with Crippen LogP contribution < -0.4 is 5.73 Å². The van der Waals surface area contributed by atoms with Gasteiger partial charge in [0.05, 0.1) is 4.90 Å². The summed E-state index contributed by atoms with van der Waals surface area (Å²) >= 11 is 0. The summed E-state index contributed by atoms with van der Waals surface area (Å²) in [5, 5.41) is 0. The number of rotatable bonds is 7. The van der Waals surface area contributed by atoms with E-state index in [2.05, 4.69) is 6.92 Å². The van der Waals surface area contributed by atoms with Gasteiger partial charge in [0, 0.05) is 19.6 Å². The van der Waals surface area contributed by atoms with Crippen LogP contribution in [0.1, 0.15) is 44.7 Å². The van der Waals surface area contributed by atoms with Crippen LogP contribution in [0.4, 0.5) is 0 Å². The van der Waals surface area contributed by atoms with E-state index in [-0.39, 0.29) is 6.04 Å². The fraction of sp³-hybridized carbons (Fsp3) is 0.600.